The monoisotopic (exact) mass is 950 g/mol. The van der Waals surface area contributed by atoms with E-state index in [0.717, 1.165) is 55.9 Å². The number of aryl methyl sites for hydroxylation is 2. The zero-order chi connectivity index (χ0) is 48.2. The highest BCUT2D eigenvalue weighted by atomic mass is 35.5. The van der Waals surface area contributed by atoms with Crippen molar-refractivity contribution in [2.24, 2.45) is 0 Å². The van der Waals surface area contributed by atoms with Crippen molar-refractivity contribution in [2.45, 2.75) is 32.1 Å². The van der Waals surface area contributed by atoms with Crippen LogP contribution in [0.5, 0.6) is 5.75 Å². The normalized spacial score (nSPS) is 11.4. The lowest BCUT2D eigenvalue weighted by Gasteiger charge is -2.13. The smallest absolute Gasteiger partial charge is 0.417 e. The van der Waals surface area contributed by atoms with Gasteiger partial charge in [-0.05, 0) is 95.6 Å². The van der Waals surface area contributed by atoms with Crippen LogP contribution in [0.3, 0.4) is 0 Å². The molecule has 0 unspecified atom stereocenters. The molecule has 0 amide bonds. The summed E-state index contributed by atoms with van der Waals surface area (Å²) in [7, 11) is 1.64. The van der Waals surface area contributed by atoms with Gasteiger partial charge in [0, 0.05) is 75.1 Å². The Morgan fingerprint density at radius 1 is 0.623 bits per heavy atom. The van der Waals surface area contributed by atoms with Crippen LogP contribution < -0.4 is 4.74 Å². The van der Waals surface area contributed by atoms with Crippen LogP contribution in [-0.4, -0.2) is 58.7 Å². The van der Waals surface area contributed by atoms with Gasteiger partial charge in [0.2, 0.25) is 11.6 Å². The van der Waals surface area contributed by atoms with Crippen LogP contribution in [-0.2, 0) is 28.9 Å². The maximum absolute atomic E-state index is 13.6. The van der Waals surface area contributed by atoms with E-state index in [-0.39, 0.29) is 24.3 Å². The van der Waals surface area contributed by atoms with Gasteiger partial charge < -0.3 is 33.1 Å². The van der Waals surface area contributed by atoms with E-state index in [4.69, 9.17) is 35.6 Å². The molecule has 17 heteroatoms. The number of aliphatic carboxylic acids is 2. The fourth-order valence-corrected chi connectivity index (χ4v) is 8.19. The predicted octanol–water partition coefficient (Wildman–Crippen LogP) is 12.7. The number of halogens is 4. The molecule has 0 bridgehead atoms. The number of carbonyl (C=O) groups is 2. The second kappa shape index (κ2) is 19.4. The SMILES string of the molecule is COc1ccc(-c2nc(-c3ccc4c(c3)c(Cl)cn4CCC(=O)O)no2)cc1-c1ccccc1.O=C(O)CCn1ccc2cc(-c3noc(-c4ccc(C(F)(F)F)c(-c5ccccc5)c4)n3)ccc21. The molecule has 10 aromatic rings. The fraction of sp³-hybridized carbons (Fsp3) is 0.115. The largest absolute Gasteiger partial charge is 0.496 e. The Balaban J connectivity index is 0.000000172. The summed E-state index contributed by atoms with van der Waals surface area (Å²) in [6.07, 6.45) is -0.934. The van der Waals surface area contributed by atoms with Gasteiger partial charge in [0.15, 0.2) is 0 Å². The number of rotatable bonds is 13. The molecule has 0 aliphatic heterocycles. The Hall–Kier alpha value is -8.50. The molecule has 0 aliphatic rings. The van der Waals surface area contributed by atoms with E-state index in [1.807, 2.05) is 100 Å². The van der Waals surface area contributed by atoms with E-state index < -0.39 is 23.7 Å². The summed E-state index contributed by atoms with van der Waals surface area (Å²) in [5.74, 6) is 0.237. The van der Waals surface area contributed by atoms with Crippen molar-refractivity contribution >= 4 is 45.3 Å². The average Bonchev–Trinajstić information content (AvgIpc) is 4.20. The topological polar surface area (TPSA) is 172 Å². The lowest BCUT2D eigenvalue weighted by atomic mass is 9.97. The highest BCUT2D eigenvalue weighted by Gasteiger charge is 2.34. The Kier molecular flexibility index (Phi) is 12.8. The van der Waals surface area contributed by atoms with Crippen molar-refractivity contribution in [1.82, 2.24) is 29.4 Å². The Morgan fingerprint density at radius 3 is 1.75 bits per heavy atom. The first-order valence-corrected chi connectivity index (χ1v) is 21.7. The maximum atomic E-state index is 13.6. The number of alkyl halides is 3. The number of fused-ring (bicyclic) bond motifs is 2. The molecule has 0 aliphatic carbocycles. The van der Waals surface area contributed by atoms with Gasteiger partial charge in [0.25, 0.3) is 11.8 Å². The maximum Gasteiger partial charge on any atom is 0.417 e. The Bertz CT molecular complexity index is 3480. The molecule has 0 atom stereocenters. The minimum Gasteiger partial charge on any atom is -0.496 e. The second-order valence-electron chi connectivity index (χ2n) is 15.7. The van der Waals surface area contributed by atoms with E-state index in [9.17, 15) is 22.8 Å². The van der Waals surface area contributed by atoms with Crippen LogP contribution in [0.2, 0.25) is 5.02 Å². The highest BCUT2D eigenvalue weighted by Crippen LogP contribution is 2.40. The summed E-state index contributed by atoms with van der Waals surface area (Å²) in [5.41, 5.74) is 5.94. The molecule has 4 heterocycles. The number of benzene rings is 6. The number of hydrogen-bond donors (Lipinski definition) is 2. The molecule has 2 N–H and O–H groups in total. The molecule has 13 nitrogen and oxygen atoms in total. The lowest BCUT2D eigenvalue weighted by molar-refractivity contribution is -0.138. The van der Waals surface area contributed by atoms with Gasteiger partial charge in [-0.2, -0.15) is 23.1 Å². The third-order valence-electron chi connectivity index (χ3n) is 11.3. The molecule has 346 valence electrons. The molecular weight excluding hydrogens is 913 g/mol. The van der Waals surface area contributed by atoms with E-state index in [1.165, 1.54) is 12.1 Å². The third-order valence-corrected chi connectivity index (χ3v) is 11.6. The zero-order valence-corrected chi connectivity index (χ0v) is 37.1. The molecule has 0 fully saturated rings. The summed E-state index contributed by atoms with van der Waals surface area (Å²) in [5, 5.41) is 28.3. The Labute approximate surface area is 395 Å². The van der Waals surface area contributed by atoms with Gasteiger partial charge >= 0.3 is 18.1 Å². The summed E-state index contributed by atoms with van der Waals surface area (Å²) >= 11 is 6.41. The first-order chi connectivity index (χ1) is 33.3. The fourth-order valence-electron chi connectivity index (χ4n) is 7.93. The van der Waals surface area contributed by atoms with Crippen LogP contribution in [0, 0.1) is 0 Å². The molecular formula is C52H38ClF3N6O7. The van der Waals surface area contributed by atoms with Crippen LogP contribution in [0.4, 0.5) is 13.2 Å². The summed E-state index contributed by atoms with van der Waals surface area (Å²) in [6.45, 7) is 0.688. The van der Waals surface area contributed by atoms with Crippen molar-refractivity contribution < 1.29 is 46.8 Å². The van der Waals surface area contributed by atoms with Crippen LogP contribution >= 0.6 is 11.6 Å². The number of nitrogens with zero attached hydrogens (tertiary/aromatic N) is 6. The lowest BCUT2D eigenvalue weighted by Crippen LogP contribution is -2.07. The number of methoxy groups -OCH3 is 1. The number of aromatic nitrogens is 6. The average molecular weight is 951 g/mol. The first kappa shape index (κ1) is 45.6. The predicted molar refractivity (Wildman–Crippen MR) is 253 cm³/mol. The van der Waals surface area contributed by atoms with Gasteiger partial charge in [-0.3, -0.25) is 9.59 Å². The zero-order valence-electron chi connectivity index (χ0n) is 36.4. The molecule has 0 spiro atoms. The van der Waals surface area contributed by atoms with Gasteiger partial charge in [-0.1, -0.05) is 82.6 Å². The van der Waals surface area contributed by atoms with Crippen molar-refractivity contribution in [3.05, 3.63) is 163 Å². The van der Waals surface area contributed by atoms with E-state index in [2.05, 4.69) is 20.3 Å². The van der Waals surface area contributed by atoms with Crippen molar-refractivity contribution in [1.29, 1.82) is 0 Å². The molecule has 0 saturated carbocycles. The molecule has 0 saturated heterocycles. The minimum absolute atomic E-state index is 0.0117. The quantitative estimate of drug-likeness (QED) is 0.113. The first-order valence-electron chi connectivity index (χ1n) is 21.3. The second-order valence-corrected chi connectivity index (χ2v) is 16.1. The van der Waals surface area contributed by atoms with Gasteiger partial charge in [0.1, 0.15) is 5.75 Å². The summed E-state index contributed by atoms with van der Waals surface area (Å²) < 4.78 is 61.1. The molecule has 4 aromatic heterocycles. The van der Waals surface area contributed by atoms with E-state index in [1.54, 1.807) is 49.7 Å². The van der Waals surface area contributed by atoms with E-state index in [0.29, 0.717) is 52.3 Å². The standard InChI is InChI=1S/C26H20ClN3O4.C26H18F3N3O3/c1-33-23-10-8-18(14-19(23)16-5-3-2-4-6-16)26-28-25(29-34-26)17-7-9-22-20(13-17)21(27)15-30(22)12-11-24(31)32;27-26(28,29)21-8-6-19(15-20(21)16-4-2-1-3-5-16)25-30-24(31-35-25)18-7-9-22-17(14-18)10-12-32(22)13-11-23(33)34/h2-10,13-15H,11-12H2,1H3,(H,31,32);1-10,12,14-15H,11,13H2,(H,33,34). The Morgan fingerprint density at radius 2 is 1.16 bits per heavy atom. The summed E-state index contributed by atoms with van der Waals surface area (Å²) in [6, 6.07) is 40.7. The van der Waals surface area contributed by atoms with Crippen LogP contribution in [0.1, 0.15) is 18.4 Å². The molecule has 10 rings (SSSR count). The van der Waals surface area contributed by atoms with Gasteiger partial charge in [-0.25, -0.2) is 0 Å². The summed E-state index contributed by atoms with van der Waals surface area (Å²) in [4.78, 5) is 30.8. The third kappa shape index (κ3) is 9.97. The number of carboxylic acids is 2. The number of hydrogen-bond acceptors (Lipinski definition) is 9. The molecule has 69 heavy (non-hydrogen) atoms. The number of carboxylic acid groups (broad SMARTS) is 2. The molecule has 0 radical (unpaired) electrons. The van der Waals surface area contributed by atoms with Crippen molar-refractivity contribution in [3.8, 4) is 73.7 Å². The van der Waals surface area contributed by atoms with Crippen molar-refractivity contribution in [2.75, 3.05) is 7.11 Å². The van der Waals surface area contributed by atoms with Gasteiger partial charge in [-0.15, -0.1) is 0 Å². The molecule has 6 aromatic carbocycles. The van der Waals surface area contributed by atoms with E-state index >= 15 is 0 Å². The highest BCUT2D eigenvalue weighted by molar-refractivity contribution is 6.35. The van der Waals surface area contributed by atoms with Crippen molar-refractivity contribution in [3.63, 3.8) is 0 Å². The van der Waals surface area contributed by atoms with Crippen LogP contribution in [0.25, 0.3) is 89.7 Å². The van der Waals surface area contributed by atoms with Gasteiger partial charge in [0.05, 0.1) is 30.5 Å². The van der Waals surface area contributed by atoms with Crippen LogP contribution in [0.15, 0.2) is 161 Å². The minimum atomic E-state index is -4.51. The number of ether oxygens (including phenoxy) is 1.